The molecule has 6 nitrogen and oxygen atoms in total. The first-order valence-electron chi connectivity index (χ1n) is 5.77. The lowest BCUT2D eigenvalue weighted by Gasteiger charge is -2.28. The molecule has 0 unspecified atom stereocenters. The molecule has 0 bridgehead atoms. The summed E-state index contributed by atoms with van der Waals surface area (Å²) in [6, 6.07) is 1.54. The fourth-order valence-corrected chi connectivity index (χ4v) is 1.99. The summed E-state index contributed by atoms with van der Waals surface area (Å²) in [5.74, 6) is 0.127. The number of nitrogens with two attached hydrogens (primary N) is 1. The first kappa shape index (κ1) is 12.1. The van der Waals surface area contributed by atoms with Crippen LogP contribution in [0.4, 0.5) is 0 Å². The number of carbonyl (C=O) groups is 1. The molecule has 0 amide bonds. The summed E-state index contributed by atoms with van der Waals surface area (Å²) in [5.41, 5.74) is 5.38. The van der Waals surface area contributed by atoms with Gasteiger partial charge in [0.1, 0.15) is 5.76 Å². The van der Waals surface area contributed by atoms with Gasteiger partial charge < -0.3 is 10.3 Å². The Bertz CT molecular complexity index is 455. The summed E-state index contributed by atoms with van der Waals surface area (Å²) in [4.78, 5) is 25.2. The molecule has 1 aromatic rings. The van der Waals surface area contributed by atoms with Crippen LogP contribution in [0.2, 0.25) is 0 Å². The molecule has 0 saturated carbocycles. The fraction of sp³-hybridized carbons (Fsp3) is 0.636. The van der Waals surface area contributed by atoms with E-state index < -0.39 is 5.56 Å². The van der Waals surface area contributed by atoms with Gasteiger partial charge >= 0.3 is 0 Å². The van der Waals surface area contributed by atoms with Crippen molar-refractivity contribution in [2.75, 3.05) is 19.6 Å². The number of aryl methyl sites for hydroxylation is 1. The van der Waals surface area contributed by atoms with Crippen LogP contribution in [0.25, 0.3) is 0 Å². The molecule has 0 radical (unpaired) electrons. The molecule has 0 atom stereocenters. The highest BCUT2D eigenvalue weighted by Gasteiger charge is 2.20. The van der Waals surface area contributed by atoms with Gasteiger partial charge in [0, 0.05) is 25.2 Å². The molecule has 94 valence electrons. The number of rotatable bonds is 2. The average Bonchev–Trinajstić information content (AvgIpc) is 2.61. The van der Waals surface area contributed by atoms with Crippen molar-refractivity contribution in [1.29, 1.82) is 0 Å². The van der Waals surface area contributed by atoms with E-state index in [9.17, 15) is 9.59 Å². The zero-order valence-electron chi connectivity index (χ0n) is 9.89. The van der Waals surface area contributed by atoms with Crippen LogP contribution in [0.3, 0.4) is 0 Å². The highest BCUT2D eigenvalue weighted by atomic mass is 16.5. The van der Waals surface area contributed by atoms with E-state index >= 15 is 0 Å². The van der Waals surface area contributed by atoms with Gasteiger partial charge in [-0.2, -0.15) is 0 Å². The molecule has 2 N–H and O–H groups in total. The Morgan fingerprint density at radius 2 is 2.18 bits per heavy atom. The van der Waals surface area contributed by atoms with Crippen molar-refractivity contribution in [3.8, 4) is 0 Å². The second kappa shape index (κ2) is 4.85. The molecular formula is C11H17N3O3. The van der Waals surface area contributed by atoms with Gasteiger partial charge in [0.25, 0.3) is 11.5 Å². The van der Waals surface area contributed by atoms with Gasteiger partial charge in [-0.3, -0.25) is 14.5 Å². The number of hydrogen-bond acceptors (Lipinski definition) is 5. The Morgan fingerprint density at radius 3 is 2.71 bits per heavy atom. The second-order valence-electron chi connectivity index (χ2n) is 4.49. The lowest BCUT2D eigenvalue weighted by atomic mass is 10.1. The smallest absolute Gasteiger partial charge is 0.290 e. The van der Waals surface area contributed by atoms with Crippen LogP contribution < -0.4 is 11.3 Å². The molecule has 6 heteroatoms. The van der Waals surface area contributed by atoms with E-state index in [1.807, 2.05) is 4.90 Å². The average molecular weight is 239 g/mol. The van der Waals surface area contributed by atoms with Crippen molar-refractivity contribution >= 4 is 5.91 Å². The minimum absolute atomic E-state index is 0.208. The van der Waals surface area contributed by atoms with Crippen molar-refractivity contribution in [3.63, 3.8) is 0 Å². The largest absolute Gasteiger partial charge is 0.373 e. The number of hydrogen-bond donors (Lipinski definition) is 1. The summed E-state index contributed by atoms with van der Waals surface area (Å²) in [6.45, 7) is 3.44. The SMILES string of the molecule is Cc1cc(=O)n(C(=O)CN2CCC(N)CC2)o1. The van der Waals surface area contributed by atoms with Crippen molar-refractivity contribution in [1.82, 2.24) is 9.64 Å². The van der Waals surface area contributed by atoms with Crippen LogP contribution in [-0.4, -0.2) is 41.2 Å². The lowest BCUT2D eigenvalue weighted by Crippen LogP contribution is -2.43. The maximum absolute atomic E-state index is 11.8. The summed E-state index contributed by atoms with van der Waals surface area (Å²) in [6.07, 6.45) is 1.78. The summed E-state index contributed by atoms with van der Waals surface area (Å²) in [5, 5.41) is 0. The van der Waals surface area contributed by atoms with Gasteiger partial charge in [-0.25, -0.2) is 0 Å². The first-order valence-corrected chi connectivity index (χ1v) is 5.77. The Hall–Kier alpha value is -1.40. The van der Waals surface area contributed by atoms with Gasteiger partial charge in [0.15, 0.2) is 0 Å². The number of piperidine rings is 1. The summed E-state index contributed by atoms with van der Waals surface area (Å²) >= 11 is 0. The highest BCUT2D eigenvalue weighted by Crippen LogP contribution is 2.07. The number of carbonyl (C=O) groups excluding carboxylic acids is 1. The Morgan fingerprint density at radius 1 is 1.53 bits per heavy atom. The maximum atomic E-state index is 11.8. The third kappa shape index (κ3) is 2.83. The minimum Gasteiger partial charge on any atom is -0.373 e. The highest BCUT2D eigenvalue weighted by molar-refractivity contribution is 5.79. The van der Waals surface area contributed by atoms with Crippen LogP contribution in [-0.2, 0) is 0 Å². The third-order valence-corrected chi connectivity index (χ3v) is 2.98. The van der Waals surface area contributed by atoms with E-state index in [0.29, 0.717) is 5.76 Å². The third-order valence-electron chi connectivity index (χ3n) is 2.98. The van der Waals surface area contributed by atoms with Gasteiger partial charge in [-0.15, -0.1) is 4.74 Å². The fourth-order valence-electron chi connectivity index (χ4n) is 1.99. The van der Waals surface area contributed by atoms with Crippen molar-refractivity contribution in [2.24, 2.45) is 5.73 Å². The molecule has 1 aliphatic heterocycles. The molecule has 1 aromatic heterocycles. The molecule has 0 spiro atoms. The molecule has 1 fully saturated rings. The van der Waals surface area contributed by atoms with Crippen LogP contribution in [0.15, 0.2) is 15.4 Å². The van der Waals surface area contributed by atoms with Crippen LogP contribution in [0, 0.1) is 6.92 Å². The quantitative estimate of drug-likeness (QED) is 0.773. The standard InChI is InChI=1S/C11H17N3O3/c1-8-6-10(15)14(17-8)11(16)7-13-4-2-9(12)3-5-13/h6,9H,2-5,7,12H2,1H3. The lowest BCUT2D eigenvalue weighted by molar-refractivity contribution is 0.0695. The zero-order chi connectivity index (χ0) is 12.4. The van der Waals surface area contributed by atoms with Crippen molar-refractivity contribution in [2.45, 2.75) is 25.8 Å². The molecule has 1 aliphatic rings. The number of likely N-dealkylation sites (tertiary alicyclic amines) is 1. The van der Waals surface area contributed by atoms with E-state index in [-0.39, 0.29) is 18.5 Å². The predicted molar refractivity (Wildman–Crippen MR) is 62.0 cm³/mol. The Kier molecular flexibility index (Phi) is 3.44. The molecule has 1 saturated heterocycles. The Labute approximate surface area is 98.9 Å². The van der Waals surface area contributed by atoms with Gasteiger partial charge in [0.2, 0.25) is 0 Å². The topological polar surface area (TPSA) is 81.5 Å². The van der Waals surface area contributed by atoms with E-state index in [0.717, 1.165) is 30.7 Å². The monoisotopic (exact) mass is 239 g/mol. The molecule has 17 heavy (non-hydrogen) atoms. The van der Waals surface area contributed by atoms with E-state index in [1.54, 1.807) is 6.92 Å². The molecule has 0 aromatic carbocycles. The maximum Gasteiger partial charge on any atom is 0.290 e. The van der Waals surface area contributed by atoms with Gasteiger partial charge in [0.05, 0.1) is 6.54 Å². The number of nitrogens with zero attached hydrogens (tertiary/aromatic N) is 2. The summed E-state index contributed by atoms with van der Waals surface area (Å²) in [7, 11) is 0. The molecule has 2 rings (SSSR count). The van der Waals surface area contributed by atoms with Gasteiger partial charge in [-0.1, -0.05) is 0 Å². The minimum atomic E-state index is -0.402. The molecule has 0 aliphatic carbocycles. The predicted octanol–water partition coefficient (Wildman–Crippen LogP) is -0.187. The molecule has 2 heterocycles. The van der Waals surface area contributed by atoms with Gasteiger partial charge in [-0.05, 0) is 19.8 Å². The van der Waals surface area contributed by atoms with Crippen molar-refractivity contribution < 1.29 is 9.32 Å². The normalized spacial score (nSPS) is 18.5. The zero-order valence-corrected chi connectivity index (χ0v) is 9.89. The second-order valence-corrected chi connectivity index (χ2v) is 4.49. The van der Waals surface area contributed by atoms with Crippen LogP contribution in [0.5, 0.6) is 0 Å². The van der Waals surface area contributed by atoms with E-state index in [2.05, 4.69) is 0 Å². The van der Waals surface area contributed by atoms with Crippen molar-refractivity contribution in [3.05, 3.63) is 22.2 Å². The van der Waals surface area contributed by atoms with Crippen LogP contribution in [0.1, 0.15) is 23.4 Å². The van der Waals surface area contributed by atoms with E-state index in [4.69, 9.17) is 10.3 Å². The first-order chi connectivity index (χ1) is 8.06. The summed E-state index contributed by atoms with van der Waals surface area (Å²) < 4.78 is 5.87. The Balaban J connectivity index is 1.98. The van der Waals surface area contributed by atoms with Crippen LogP contribution >= 0.6 is 0 Å². The number of aromatic nitrogens is 1. The van der Waals surface area contributed by atoms with E-state index in [1.165, 1.54) is 6.07 Å². The molecular weight excluding hydrogens is 222 g/mol.